The van der Waals surface area contributed by atoms with E-state index in [4.69, 9.17) is 4.89 Å². The lowest BCUT2D eigenvalue weighted by Crippen LogP contribution is -2.29. The first-order valence-corrected chi connectivity index (χ1v) is 14.8. The van der Waals surface area contributed by atoms with Crippen LogP contribution in [0.3, 0.4) is 0 Å². The van der Waals surface area contributed by atoms with Crippen LogP contribution >= 0.6 is 20.0 Å². The van der Waals surface area contributed by atoms with Crippen molar-refractivity contribution in [3.8, 4) is 0 Å². The Morgan fingerprint density at radius 2 is 1.78 bits per heavy atom. The second-order valence-corrected chi connectivity index (χ2v) is 11.3. The zero-order valence-electron chi connectivity index (χ0n) is 20.6. The Kier molecular flexibility index (Phi) is 11.7. The second kappa shape index (κ2) is 14.5. The molecular formula is C27H36F3NO3PS+. The van der Waals surface area contributed by atoms with Gasteiger partial charge in [-0.2, -0.15) is 13.2 Å². The lowest BCUT2D eigenvalue weighted by Gasteiger charge is -2.38. The van der Waals surface area contributed by atoms with Crippen LogP contribution in [0.15, 0.2) is 53.4 Å². The molecule has 1 aliphatic carbocycles. The lowest BCUT2D eigenvalue weighted by molar-refractivity contribution is -0.139. The number of thioether (sulfide) groups is 1. The van der Waals surface area contributed by atoms with Crippen LogP contribution in [0.25, 0.3) is 0 Å². The van der Waals surface area contributed by atoms with E-state index in [2.05, 4.69) is 40.2 Å². The van der Waals surface area contributed by atoms with E-state index in [0.29, 0.717) is 30.8 Å². The average Bonchev–Trinajstić information content (AvgIpc) is 2.87. The van der Waals surface area contributed by atoms with Crippen molar-refractivity contribution in [1.29, 1.82) is 0 Å². The molecule has 2 aromatic carbocycles. The summed E-state index contributed by atoms with van der Waals surface area (Å²) in [5, 5.41) is 3.05. The van der Waals surface area contributed by atoms with Gasteiger partial charge in [-0.25, -0.2) is 0 Å². The van der Waals surface area contributed by atoms with Gasteiger partial charge in [-0.15, -0.1) is 21.2 Å². The molecule has 1 atom stereocenters. The van der Waals surface area contributed by atoms with Crippen molar-refractivity contribution in [2.24, 2.45) is 0 Å². The molecule has 0 heterocycles. The maximum Gasteiger partial charge on any atom is 0.694 e. The summed E-state index contributed by atoms with van der Waals surface area (Å²) in [5.41, 5.74) is 1.61. The topological polar surface area (TPSA) is 58.6 Å². The van der Waals surface area contributed by atoms with E-state index >= 15 is 0 Å². The minimum absolute atomic E-state index is 0.120. The number of hydrogen-bond acceptors (Lipinski definition) is 4. The van der Waals surface area contributed by atoms with Gasteiger partial charge < -0.3 is 5.32 Å². The Hall–Kier alpha value is -1.44. The normalized spacial score (nSPS) is 16.2. The molecule has 0 radical (unpaired) electrons. The minimum atomic E-state index is -4.40. The quantitative estimate of drug-likeness (QED) is 0.144. The molecule has 1 unspecified atom stereocenters. The molecule has 0 bridgehead atoms. The zero-order chi connectivity index (χ0) is 25.9. The summed E-state index contributed by atoms with van der Waals surface area (Å²) in [6.07, 6.45) is 5.27. The van der Waals surface area contributed by atoms with Gasteiger partial charge in [-0.05, 0) is 73.1 Å². The molecule has 198 valence electrons. The number of halogens is 3. The molecule has 1 aliphatic rings. The number of unbranched alkanes of at least 4 members (excludes halogenated alkanes) is 1. The molecule has 0 saturated heterocycles. The lowest BCUT2D eigenvalue weighted by atomic mass is 9.67. The third-order valence-corrected chi connectivity index (χ3v) is 8.45. The van der Waals surface area contributed by atoms with E-state index in [-0.39, 0.29) is 16.9 Å². The molecule has 1 fully saturated rings. The maximum absolute atomic E-state index is 13.7. The van der Waals surface area contributed by atoms with Crippen LogP contribution in [-0.4, -0.2) is 23.8 Å². The van der Waals surface area contributed by atoms with Gasteiger partial charge >= 0.3 is 14.4 Å². The third kappa shape index (κ3) is 9.14. The number of hydrogen-bond donors (Lipinski definition) is 2. The highest BCUT2D eigenvalue weighted by Gasteiger charge is 2.34. The van der Waals surface area contributed by atoms with Crippen molar-refractivity contribution in [3.63, 3.8) is 0 Å². The fraction of sp³-hybridized carbons (Fsp3) is 0.556. The molecule has 2 aromatic rings. The van der Waals surface area contributed by atoms with Gasteiger partial charge in [0.25, 0.3) is 0 Å². The second-order valence-electron chi connectivity index (χ2n) is 9.44. The molecule has 2 N–H and O–H groups in total. The molecule has 1 saturated carbocycles. The van der Waals surface area contributed by atoms with Crippen LogP contribution in [-0.2, 0) is 27.2 Å². The summed E-state index contributed by atoms with van der Waals surface area (Å²) < 4.78 is 56.3. The monoisotopic (exact) mass is 542 g/mol. The Balaban J connectivity index is 1.50. The summed E-state index contributed by atoms with van der Waals surface area (Å²) in [4.78, 5) is 8.87. The van der Waals surface area contributed by atoms with Crippen LogP contribution in [0.5, 0.6) is 0 Å². The molecule has 4 nitrogen and oxygen atoms in total. The molecule has 0 aliphatic heterocycles. The van der Waals surface area contributed by atoms with Crippen LogP contribution in [0.1, 0.15) is 74.5 Å². The SMILES string of the molecule is O=[P+](O)OCCCNCc1ccc(SCCCCC2(c3ccccc3)CCCCC2)c(C(F)(F)F)c1. The summed E-state index contributed by atoms with van der Waals surface area (Å²) in [7, 11) is -2.62. The molecule has 36 heavy (non-hydrogen) atoms. The summed E-state index contributed by atoms with van der Waals surface area (Å²) in [5.74, 6) is 0.665. The molecule has 3 rings (SSSR count). The predicted molar refractivity (Wildman–Crippen MR) is 139 cm³/mol. The largest absolute Gasteiger partial charge is 0.694 e. The first kappa shape index (κ1) is 29.1. The van der Waals surface area contributed by atoms with Crippen LogP contribution in [0, 0.1) is 0 Å². The highest BCUT2D eigenvalue weighted by atomic mass is 32.2. The minimum Gasteiger partial charge on any atom is -0.313 e. The first-order chi connectivity index (χ1) is 17.3. The van der Waals surface area contributed by atoms with Gasteiger partial charge in [0.2, 0.25) is 0 Å². The van der Waals surface area contributed by atoms with Gasteiger partial charge in [0, 0.05) is 16.0 Å². The first-order valence-electron chi connectivity index (χ1n) is 12.7. The maximum atomic E-state index is 13.7. The van der Waals surface area contributed by atoms with Crippen molar-refractivity contribution in [1.82, 2.24) is 5.32 Å². The summed E-state index contributed by atoms with van der Waals surface area (Å²) in [6, 6.07) is 15.3. The predicted octanol–water partition coefficient (Wildman–Crippen LogP) is 8.02. The summed E-state index contributed by atoms with van der Waals surface area (Å²) in [6.45, 7) is 0.890. The third-order valence-electron chi connectivity index (χ3n) is 6.88. The smallest absolute Gasteiger partial charge is 0.313 e. The fourth-order valence-electron chi connectivity index (χ4n) is 5.06. The molecular weight excluding hydrogens is 506 g/mol. The van der Waals surface area contributed by atoms with Crippen LogP contribution in [0.2, 0.25) is 0 Å². The van der Waals surface area contributed by atoms with Gasteiger partial charge in [-0.3, -0.25) is 0 Å². The molecule has 0 amide bonds. The molecule has 9 heteroatoms. The van der Waals surface area contributed by atoms with Crippen molar-refractivity contribution >= 4 is 20.0 Å². The fourth-order valence-corrected chi connectivity index (χ4v) is 6.41. The number of rotatable bonds is 14. The van der Waals surface area contributed by atoms with Crippen molar-refractivity contribution in [3.05, 3.63) is 65.2 Å². The Morgan fingerprint density at radius 3 is 2.47 bits per heavy atom. The average molecular weight is 543 g/mol. The van der Waals surface area contributed by atoms with Crippen LogP contribution < -0.4 is 5.32 Å². The number of nitrogens with one attached hydrogen (secondary N) is 1. The Labute approximate surface area is 217 Å². The number of benzene rings is 2. The van der Waals surface area contributed by atoms with E-state index in [9.17, 15) is 17.7 Å². The van der Waals surface area contributed by atoms with E-state index < -0.39 is 20.0 Å². The van der Waals surface area contributed by atoms with Crippen molar-refractivity contribution in [2.75, 3.05) is 18.9 Å². The van der Waals surface area contributed by atoms with Gasteiger partial charge in [0.1, 0.15) is 6.61 Å². The van der Waals surface area contributed by atoms with E-state index in [1.165, 1.54) is 55.5 Å². The molecule has 0 aromatic heterocycles. The summed E-state index contributed by atoms with van der Waals surface area (Å²) >= 11 is 1.29. The van der Waals surface area contributed by atoms with E-state index in [1.807, 2.05) is 0 Å². The van der Waals surface area contributed by atoms with Gasteiger partial charge in [0.05, 0.1) is 5.56 Å². The molecule has 0 spiro atoms. The van der Waals surface area contributed by atoms with E-state index in [0.717, 1.165) is 19.3 Å². The highest BCUT2D eigenvalue weighted by molar-refractivity contribution is 7.99. The van der Waals surface area contributed by atoms with Gasteiger partial charge in [0.15, 0.2) is 0 Å². The Bertz CT molecular complexity index is 953. The van der Waals surface area contributed by atoms with Crippen molar-refractivity contribution in [2.45, 2.75) is 80.8 Å². The highest BCUT2D eigenvalue weighted by Crippen LogP contribution is 2.43. The Morgan fingerprint density at radius 1 is 1.03 bits per heavy atom. The van der Waals surface area contributed by atoms with Crippen molar-refractivity contribution < 1.29 is 27.2 Å². The zero-order valence-corrected chi connectivity index (χ0v) is 22.3. The standard InChI is InChI=1S/C27H35F3NO3PS/c28-27(29,30)24-20-22(21-31-17-9-18-34-35(32)33)12-13-25(24)36-19-8-7-16-26(14-5-2-6-15-26)23-10-3-1-4-11-23/h1,3-4,10-13,20,31H,2,5-9,14-19,21H2/p+1. The number of alkyl halides is 3. The van der Waals surface area contributed by atoms with E-state index in [1.54, 1.807) is 12.1 Å². The van der Waals surface area contributed by atoms with Gasteiger partial charge in [-0.1, -0.05) is 62.1 Å². The van der Waals surface area contributed by atoms with Crippen LogP contribution in [0.4, 0.5) is 13.2 Å².